The number of rotatable bonds is 2. The highest BCUT2D eigenvalue weighted by atomic mass is 15.0. The Hall–Kier alpha value is -2.34. The summed E-state index contributed by atoms with van der Waals surface area (Å²) in [4.78, 5) is 4.59. The summed E-state index contributed by atoms with van der Waals surface area (Å²) in [5, 5.41) is 12.4. The summed E-state index contributed by atoms with van der Waals surface area (Å²) in [7, 11) is 0. The molecular weight excluding hydrogens is 222 g/mol. The van der Waals surface area contributed by atoms with Crippen molar-refractivity contribution in [1.29, 1.82) is 5.26 Å². The third-order valence-electron chi connectivity index (χ3n) is 3.21. The summed E-state index contributed by atoms with van der Waals surface area (Å²) in [5.41, 5.74) is 3.94. The van der Waals surface area contributed by atoms with Crippen LogP contribution in [0.5, 0.6) is 0 Å². The van der Waals surface area contributed by atoms with Gasteiger partial charge in [-0.1, -0.05) is 18.2 Å². The van der Waals surface area contributed by atoms with E-state index < -0.39 is 0 Å². The van der Waals surface area contributed by atoms with Crippen LogP contribution in [-0.4, -0.2) is 4.98 Å². The van der Waals surface area contributed by atoms with Gasteiger partial charge in [0.2, 0.25) is 0 Å². The van der Waals surface area contributed by atoms with Crippen LogP contribution >= 0.6 is 0 Å². The van der Waals surface area contributed by atoms with E-state index in [4.69, 9.17) is 0 Å². The molecule has 0 bridgehead atoms. The largest absolute Gasteiger partial charge is 0.339 e. The van der Waals surface area contributed by atoms with E-state index in [0.29, 0.717) is 11.4 Å². The Bertz CT molecular complexity index is 612. The van der Waals surface area contributed by atoms with E-state index in [9.17, 15) is 5.26 Å². The zero-order valence-electron chi connectivity index (χ0n) is 9.98. The van der Waals surface area contributed by atoms with Crippen LogP contribution < -0.4 is 5.32 Å². The molecule has 3 nitrogen and oxygen atoms in total. The molecule has 1 N–H and O–H groups in total. The first-order valence-corrected chi connectivity index (χ1v) is 6.12. The number of nitrogens with one attached hydrogen (secondary N) is 1. The lowest BCUT2D eigenvalue weighted by Crippen LogP contribution is -2.00. The zero-order valence-corrected chi connectivity index (χ0v) is 9.98. The molecule has 0 fully saturated rings. The summed E-state index contributed by atoms with van der Waals surface area (Å²) in [6.07, 6.45) is 3.20. The van der Waals surface area contributed by atoms with E-state index in [1.807, 2.05) is 36.4 Å². The van der Waals surface area contributed by atoms with E-state index in [1.54, 1.807) is 0 Å². The van der Waals surface area contributed by atoms with Crippen molar-refractivity contribution >= 4 is 11.5 Å². The number of aromatic nitrogens is 1. The lowest BCUT2D eigenvalue weighted by molar-refractivity contribution is 0.900. The lowest BCUT2D eigenvalue weighted by atomic mass is 10.1. The summed E-state index contributed by atoms with van der Waals surface area (Å²) in [6, 6.07) is 14.0. The second kappa shape index (κ2) is 4.50. The maximum Gasteiger partial charge on any atom is 0.148 e. The Kier molecular flexibility index (Phi) is 2.70. The maximum absolute atomic E-state index is 9.20. The van der Waals surface area contributed by atoms with E-state index in [-0.39, 0.29) is 0 Å². The summed E-state index contributed by atoms with van der Waals surface area (Å²) >= 11 is 0. The number of fused-ring (bicyclic) bond motifs is 1. The van der Waals surface area contributed by atoms with Crippen molar-refractivity contribution in [2.45, 2.75) is 19.3 Å². The minimum atomic E-state index is 0.625. The third kappa shape index (κ3) is 1.93. The number of pyridine rings is 1. The molecule has 0 atom stereocenters. The minimum Gasteiger partial charge on any atom is -0.339 e. The van der Waals surface area contributed by atoms with Gasteiger partial charge in [-0.15, -0.1) is 0 Å². The quantitative estimate of drug-likeness (QED) is 0.869. The molecule has 0 radical (unpaired) electrons. The fourth-order valence-electron chi connectivity index (χ4n) is 2.31. The number of para-hydroxylation sites is 1. The molecule has 3 heteroatoms. The standard InChI is InChI=1S/C15H13N3/c16-10-12-9-11-5-4-8-14(11)18-15(12)17-13-6-2-1-3-7-13/h1-3,6-7,9H,4-5,8H2,(H,17,18). The Morgan fingerprint density at radius 1 is 1.17 bits per heavy atom. The zero-order chi connectivity index (χ0) is 12.4. The number of nitrogens with zero attached hydrogens (tertiary/aromatic N) is 2. The van der Waals surface area contributed by atoms with Crippen molar-refractivity contribution in [3.05, 3.63) is 53.2 Å². The molecule has 0 aliphatic heterocycles. The third-order valence-corrected chi connectivity index (χ3v) is 3.21. The highest BCUT2D eigenvalue weighted by Crippen LogP contribution is 2.26. The Morgan fingerprint density at radius 2 is 2.00 bits per heavy atom. The van der Waals surface area contributed by atoms with Crippen molar-refractivity contribution in [1.82, 2.24) is 4.98 Å². The van der Waals surface area contributed by atoms with Gasteiger partial charge in [0.05, 0.1) is 5.56 Å². The molecule has 1 aliphatic carbocycles. The van der Waals surface area contributed by atoms with Gasteiger partial charge in [-0.05, 0) is 43.0 Å². The molecule has 0 amide bonds. The summed E-state index contributed by atoms with van der Waals surface area (Å²) in [5.74, 6) is 0.671. The van der Waals surface area contributed by atoms with Crippen molar-refractivity contribution < 1.29 is 0 Å². The average Bonchev–Trinajstić information content (AvgIpc) is 2.86. The number of aryl methyl sites for hydroxylation is 2. The Balaban J connectivity index is 1.99. The van der Waals surface area contributed by atoms with Crippen LogP contribution in [0, 0.1) is 11.3 Å². The number of anilines is 2. The SMILES string of the molecule is N#Cc1cc2c(nc1Nc1ccccc1)CCC2. The molecule has 0 saturated heterocycles. The van der Waals surface area contributed by atoms with E-state index in [0.717, 1.165) is 30.6 Å². The van der Waals surface area contributed by atoms with Gasteiger partial charge >= 0.3 is 0 Å². The highest BCUT2D eigenvalue weighted by molar-refractivity contribution is 5.63. The molecule has 0 spiro atoms. The predicted octanol–water partition coefficient (Wildman–Crippen LogP) is 3.19. The molecule has 18 heavy (non-hydrogen) atoms. The first-order chi connectivity index (χ1) is 8.86. The van der Waals surface area contributed by atoms with Crippen LogP contribution in [0.2, 0.25) is 0 Å². The maximum atomic E-state index is 9.20. The van der Waals surface area contributed by atoms with Gasteiger partial charge in [-0.3, -0.25) is 0 Å². The number of hydrogen-bond acceptors (Lipinski definition) is 3. The van der Waals surface area contributed by atoms with E-state index >= 15 is 0 Å². The molecule has 2 aromatic rings. The highest BCUT2D eigenvalue weighted by Gasteiger charge is 2.16. The molecule has 0 saturated carbocycles. The number of benzene rings is 1. The molecule has 88 valence electrons. The van der Waals surface area contributed by atoms with Gasteiger partial charge in [-0.2, -0.15) is 5.26 Å². The summed E-state index contributed by atoms with van der Waals surface area (Å²) < 4.78 is 0. The number of hydrogen-bond donors (Lipinski definition) is 1. The molecule has 1 aromatic carbocycles. The topological polar surface area (TPSA) is 48.7 Å². The monoisotopic (exact) mass is 235 g/mol. The van der Waals surface area contributed by atoms with Crippen molar-refractivity contribution in [2.24, 2.45) is 0 Å². The first-order valence-electron chi connectivity index (χ1n) is 6.12. The van der Waals surface area contributed by atoms with Crippen LogP contribution in [0.1, 0.15) is 23.2 Å². The van der Waals surface area contributed by atoms with Crippen molar-refractivity contribution in [2.75, 3.05) is 5.32 Å². The summed E-state index contributed by atoms with van der Waals surface area (Å²) in [6.45, 7) is 0. The normalized spacial score (nSPS) is 12.8. The number of nitriles is 1. The molecule has 3 rings (SSSR count). The van der Waals surface area contributed by atoms with Crippen LogP contribution in [0.3, 0.4) is 0 Å². The van der Waals surface area contributed by atoms with Crippen molar-refractivity contribution in [3.63, 3.8) is 0 Å². The second-order valence-electron chi connectivity index (χ2n) is 4.45. The van der Waals surface area contributed by atoms with Gasteiger partial charge in [0.1, 0.15) is 11.9 Å². The molecule has 0 unspecified atom stereocenters. The van der Waals surface area contributed by atoms with Crippen LogP contribution in [0.25, 0.3) is 0 Å². The van der Waals surface area contributed by atoms with Gasteiger partial charge in [0.25, 0.3) is 0 Å². The van der Waals surface area contributed by atoms with Gasteiger partial charge in [0.15, 0.2) is 0 Å². The Morgan fingerprint density at radius 3 is 2.78 bits per heavy atom. The Labute approximate surface area is 106 Å². The molecule has 1 aliphatic rings. The van der Waals surface area contributed by atoms with Crippen LogP contribution in [0.15, 0.2) is 36.4 Å². The molecular formula is C15H13N3. The van der Waals surface area contributed by atoms with Crippen LogP contribution in [0.4, 0.5) is 11.5 Å². The van der Waals surface area contributed by atoms with Gasteiger partial charge in [-0.25, -0.2) is 4.98 Å². The van der Waals surface area contributed by atoms with Gasteiger partial charge in [0, 0.05) is 11.4 Å². The van der Waals surface area contributed by atoms with E-state index in [1.165, 1.54) is 5.56 Å². The van der Waals surface area contributed by atoms with Crippen molar-refractivity contribution in [3.8, 4) is 6.07 Å². The van der Waals surface area contributed by atoms with E-state index in [2.05, 4.69) is 16.4 Å². The predicted molar refractivity (Wildman–Crippen MR) is 70.7 cm³/mol. The second-order valence-corrected chi connectivity index (χ2v) is 4.45. The first kappa shape index (κ1) is 10.8. The fraction of sp³-hybridized carbons (Fsp3) is 0.200. The smallest absolute Gasteiger partial charge is 0.148 e. The molecule has 1 aromatic heterocycles. The minimum absolute atomic E-state index is 0.625. The van der Waals surface area contributed by atoms with Gasteiger partial charge < -0.3 is 5.32 Å². The lowest BCUT2D eigenvalue weighted by Gasteiger charge is -2.09. The van der Waals surface area contributed by atoms with Crippen LogP contribution in [-0.2, 0) is 12.8 Å². The fourth-order valence-corrected chi connectivity index (χ4v) is 2.31. The average molecular weight is 235 g/mol. The molecule has 1 heterocycles.